The van der Waals surface area contributed by atoms with Crippen LogP contribution in [-0.2, 0) is 6.54 Å². The number of benzene rings is 2. The Hall–Kier alpha value is -2.66. The zero-order valence-corrected chi connectivity index (χ0v) is 16.0. The molecule has 0 aliphatic heterocycles. The first-order valence-corrected chi connectivity index (χ1v) is 9.19. The van der Waals surface area contributed by atoms with E-state index >= 15 is 0 Å². The fourth-order valence-electron chi connectivity index (χ4n) is 2.78. The Balaban J connectivity index is 1.89. The molecule has 3 aromatic rings. The van der Waals surface area contributed by atoms with E-state index in [1.165, 1.54) is 6.07 Å². The van der Waals surface area contributed by atoms with Crippen LogP contribution in [0.15, 0.2) is 82.2 Å². The van der Waals surface area contributed by atoms with Gasteiger partial charge in [-0.1, -0.05) is 46.3 Å². The second kappa shape index (κ2) is 8.15. The summed E-state index contributed by atoms with van der Waals surface area (Å²) >= 11 is 3.40. The van der Waals surface area contributed by atoms with Gasteiger partial charge in [-0.2, -0.15) is 0 Å². The Kier molecular flexibility index (Phi) is 5.68. The minimum atomic E-state index is -0.132. The number of rotatable bonds is 5. The summed E-state index contributed by atoms with van der Waals surface area (Å²) in [5, 5.41) is 0. The van der Waals surface area contributed by atoms with Crippen LogP contribution in [0.3, 0.4) is 0 Å². The predicted molar refractivity (Wildman–Crippen MR) is 108 cm³/mol. The first kappa shape index (κ1) is 18.1. The SMILES string of the molecule is CCN(C(=O)c1ccc(=O)n(Cc2ccc(Br)cc2)c1)c1ccccc1. The van der Waals surface area contributed by atoms with Crippen LogP contribution in [0, 0.1) is 0 Å². The lowest BCUT2D eigenvalue weighted by Gasteiger charge is -2.21. The highest BCUT2D eigenvalue weighted by molar-refractivity contribution is 9.10. The highest BCUT2D eigenvalue weighted by Gasteiger charge is 2.16. The van der Waals surface area contributed by atoms with Gasteiger partial charge in [0, 0.05) is 29.0 Å². The molecule has 5 heteroatoms. The number of halogens is 1. The number of aromatic nitrogens is 1. The van der Waals surface area contributed by atoms with Gasteiger partial charge in [0.25, 0.3) is 11.5 Å². The Morgan fingerprint density at radius 2 is 1.69 bits per heavy atom. The van der Waals surface area contributed by atoms with Crippen molar-refractivity contribution in [2.24, 2.45) is 0 Å². The topological polar surface area (TPSA) is 42.3 Å². The van der Waals surface area contributed by atoms with Gasteiger partial charge in [0.15, 0.2) is 0 Å². The Labute approximate surface area is 160 Å². The molecular weight excluding hydrogens is 392 g/mol. The normalized spacial score (nSPS) is 10.5. The van der Waals surface area contributed by atoms with E-state index in [4.69, 9.17) is 0 Å². The van der Waals surface area contributed by atoms with Gasteiger partial charge in [-0.3, -0.25) is 9.59 Å². The van der Waals surface area contributed by atoms with Crippen molar-refractivity contribution in [2.45, 2.75) is 13.5 Å². The number of para-hydroxylation sites is 1. The number of pyridine rings is 1. The van der Waals surface area contributed by atoms with Gasteiger partial charge >= 0.3 is 0 Å². The van der Waals surface area contributed by atoms with Gasteiger partial charge in [-0.25, -0.2) is 0 Å². The van der Waals surface area contributed by atoms with Gasteiger partial charge in [-0.15, -0.1) is 0 Å². The molecule has 0 atom stereocenters. The van der Waals surface area contributed by atoms with E-state index in [-0.39, 0.29) is 11.5 Å². The molecule has 132 valence electrons. The molecule has 4 nitrogen and oxygen atoms in total. The first-order valence-electron chi connectivity index (χ1n) is 8.40. The third kappa shape index (κ3) is 4.11. The number of nitrogens with zero attached hydrogens (tertiary/aromatic N) is 2. The second-order valence-corrected chi connectivity index (χ2v) is 6.81. The van der Waals surface area contributed by atoms with Crippen molar-refractivity contribution in [1.82, 2.24) is 4.57 Å². The van der Waals surface area contributed by atoms with Crippen molar-refractivity contribution in [2.75, 3.05) is 11.4 Å². The third-order valence-electron chi connectivity index (χ3n) is 4.13. The van der Waals surface area contributed by atoms with Crippen molar-refractivity contribution in [1.29, 1.82) is 0 Å². The van der Waals surface area contributed by atoms with Gasteiger partial charge < -0.3 is 9.47 Å². The van der Waals surface area contributed by atoms with Crippen LogP contribution in [0.5, 0.6) is 0 Å². The van der Waals surface area contributed by atoms with E-state index in [0.29, 0.717) is 18.7 Å². The van der Waals surface area contributed by atoms with E-state index in [0.717, 1.165) is 15.7 Å². The van der Waals surface area contributed by atoms with Crippen LogP contribution in [0.2, 0.25) is 0 Å². The molecule has 0 radical (unpaired) electrons. The molecule has 26 heavy (non-hydrogen) atoms. The van der Waals surface area contributed by atoms with Crippen molar-refractivity contribution in [3.05, 3.63) is 98.9 Å². The minimum absolute atomic E-state index is 0.122. The molecule has 1 amide bonds. The average molecular weight is 411 g/mol. The van der Waals surface area contributed by atoms with Gasteiger partial charge in [0.2, 0.25) is 0 Å². The van der Waals surface area contributed by atoms with E-state index in [1.807, 2.05) is 61.5 Å². The number of hydrogen-bond acceptors (Lipinski definition) is 2. The summed E-state index contributed by atoms with van der Waals surface area (Å²) < 4.78 is 2.55. The fraction of sp³-hybridized carbons (Fsp3) is 0.143. The van der Waals surface area contributed by atoms with Crippen LogP contribution >= 0.6 is 15.9 Å². The van der Waals surface area contributed by atoms with Gasteiger partial charge in [-0.05, 0) is 42.8 Å². The Morgan fingerprint density at radius 1 is 1.00 bits per heavy atom. The van der Waals surface area contributed by atoms with Gasteiger partial charge in [0.1, 0.15) is 0 Å². The lowest BCUT2D eigenvalue weighted by molar-refractivity contribution is 0.0987. The molecule has 0 aliphatic rings. The zero-order valence-electron chi connectivity index (χ0n) is 14.4. The maximum atomic E-state index is 12.9. The standard InChI is InChI=1S/C21H19BrN2O2/c1-2-24(19-6-4-3-5-7-19)21(26)17-10-13-20(25)23(15-17)14-16-8-11-18(22)12-9-16/h3-13,15H,2,14H2,1H3. The number of hydrogen-bond donors (Lipinski definition) is 0. The van der Waals surface area contributed by atoms with E-state index in [9.17, 15) is 9.59 Å². The highest BCUT2D eigenvalue weighted by atomic mass is 79.9. The van der Waals surface area contributed by atoms with E-state index in [1.54, 1.807) is 21.7 Å². The molecule has 0 aliphatic carbocycles. The van der Waals surface area contributed by atoms with Crippen LogP contribution in [0.25, 0.3) is 0 Å². The monoisotopic (exact) mass is 410 g/mol. The average Bonchev–Trinajstić information content (AvgIpc) is 2.66. The molecule has 0 bridgehead atoms. The van der Waals surface area contributed by atoms with Crippen molar-refractivity contribution >= 4 is 27.5 Å². The molecule has 3 rings (SSSR count). The molecule has 0 saturated carbocycles. The number of carbonyl (C=O) groups is 1. The smallest absolute Gasteiger partial charge is 0.259 e. The Morgan fingerprint density at radius 3 is 2.35 bits per heavy atom. The fourth-order valence-corrected chi connectivity index (χ4v) is 3.04. The second-order valence-electron chi connectivity index (χ2n) is 5.90. The van der Waals surface area contributed by atoms with Crippen molar-refractivity contribution < 1.29 is 4.79 Å². The summed E-state index contributed by atoms with van der Waals surface area (Å²) in [7, 11) is 0. The summed E-state index contributed by atoms with van der Waals surface area (Å²) in [6.45, 7) is 2.90. The Bertz CT molecular complexity index is 950. The van der Waals surface area contributed by atoms with Crippen molar-refractivity contribution in [3.8, 4) is 0 Å². The summed E-state index contributed by atoms with van der Waals surface area (Å²) in [5.41, 5.74) is 2.20. The third-order valence-corrected chi connectivity index (χ3v) is 4.65. The predicted octanol–water partition coefficient (Wildman–Crippen LogP) is 4.33. The molecule has 1 aromatic heterocycles. The summed E-state index contributed by atoms with van der Waals surface area (Å²) in [6.07, 6.45) is 1.64. The number of anilines is 1. The van der Waals surface area contributed by atoms with Gasteiger partial charge in [0.05, 0.1) is 12.1 Å². The molecule has 0 spiro atoms. The quantitative estimate of drug-likeness (QED) is 0.628. The number of amides is 1. The maximum absolute atomic E-state index is 12.9. The highest BCUT2D eigenvalue weighted by Crippen LogP contribution is 2.16. The molecule has 1 heterocycles. The van der Waals surface area contributed by atoms with Crippen LogP contribution < -0.4 is 10.5 Å². The molecular formula is C21H19BrN2O2. The maximum Gasteiger partial charge on any atom is 0.259 e. The zero-order chi connectivity index (χ0) is 18.5. The molecule has 0 unspecified atom stereocenters. The van der Waals surface area contributed by atoms with E-state index in [2.05, 4.69) is 15.9 Å². The lowest BCUT2D eigenvalue weighted by atomic mass is 10.2. The molecule has 2 aromatic carbocycles. The summed E-state index contributed by atoms with van der Waals surface area (Å²) in [5.74, 6) is -0.122. The molecule has 0 N–H and O–H groups in total. The first-order chi connectivity index (χ1) is 12.6. The summed E-state index contributed by atoms with van der Waals surface area (Å²) in [4.78, 5) is 26.8. The van der Waals surface area contributed by atoms with Crippen molar-refractivity contribution in [3.63, 3.8) is 0 Å². The van der Waals surface area contributed by atoms with Crippen LogP contribution in [0.4, 0.5) is 5.69 Å². The van der Waals surface area contributed by atoms with E-state index < -0.39 is 0 Å². The number of carbonyl (C=O) groups excluding carboxylic acids is 1. The van der Waals surface area contributed by atoms with Crippen LogP contribution in [0.1, 0.15) is 22.8 Å². The lowest BCUT2D eigenvalue weighted by Crippen LogP contribution is -2.32. The van der Waals surface area contributed by atoms with Crippen LogP contribution in [-0.4, -0.2) is 17.0 Å². The molecule has 0 fully saturated rings. The molecule has 0 saturated heterocycles. The summed E-state index contributed by atoms with van der Waals surface area (Å²) in [6, 6.07) is 20.3. The largest absolute Gasteiger partial charge is 0.310 e. The minimum Gasteiger partial charge on any atom is -0.310 e.